The number of nitrogens with one attached hydrogen (secondary N) is 1. The molecule has 0 bridgehead atoms. The first-order valence-corrected chi connectivity index (χ1v) is 11.8. The fourth-order valence-electron chi connectivity index (χ4n) is 4.84. The van der Waals surface area contributed by atoms with Crippen molar-refractivity contribution in [3.8, 4) is 17.2 Å². The molecular formula is C24H31N7O2. The SMILES string of the molecule is COC[C@H](C)Nc1ncc2c(-c3cnn(CC4(C#N)CC4)c3)cc(C3CCC(O)CC3)n2n1. The Morgan fingerprint density at radius 3 is 2.79 bits per heavy atom. The van der Waals surface area contributed by atoms with Crippen LogP contribution in [0.4, 0.5) is 5.95 Å². The van der Waals surface area contributed by atoms with E-state index in [1.807, 2.05) is 34.7 Å². The number of hydrogen-bond donors (Lipinski definition) is 2. The van der Waals surface area contributed by atoms with Gasteiger partial charge >= 0.3 is 0 Å². The average molecular weight is 450 g/mol. The monoisotopic (exact) mass is 449 g/mol. The van der Waals surface area contributed by atoms with Crippen molar-refractivity contribution in [1.29, 1.82) is 5.26 Å². The largest absolute Gasteiger partial charge is 0.393 e. The molecule has 2 aliphatic carbocycles. The normalized spacial score (nSPS) is 22.7. The van der Waals surface area contributed by atoms with Gasteiger partial charge in [-0.1, -0.05) is 0 Å². The molecule has 33 heavy (non-hydrogen) atoms. The van der Waals surface area contributed by atoms with E-state index in [0.29, 0.717) is 25.0 Å². The molecule has 3 heterocycles. The smallest absolute Gasteiger partial charge is 0.241 e. The highest BCUT2D eigenvalue weighted by Gasteiger charge is 2.43. The number of rotatable bonds is 8. The second kappa shape index (κ2) is 8.76. The summed E-state index contributed by atoms with van der Waals surface area (Å²) >= 11 is 0. The summed E-state index contributed by atoms with van der Waals surface area (Å²) in [6.07, 6.45) is 10.9. The summed E-state index contributed by atoms with van der Waals surface area (Å²) in [6, 6.07) is 4.73. The van der Waals surface area contributed by atoms with E-state index in [-0.39, 0.29) is 17.6 Å². The first-order valence-electron chi connectivity index (χ1n) is 11.8. The van der Waals surface area contributed by atoms with Gasteiger partial charge in [-0.25, -0.2) is 9.50 Å². The van der Waals surface area contributed by atoms with Crippen molar-refractivity contribution in [3.63, 3.8) is 0 Å². The third-order valence-corrected chi connectivity index (χ3v) is 6.95. The molecule has 0 unspecified atom stereocenters. The average Bonchev–Trinajstić information content (AvgIpc) is 3.26. The Bertz CT molecular complexity index is 1170. The molecule has 5 rings (SSSR count). The van der Waals surface area contributed by atoms with Gasteiger partial charge in [0.15, 0.2) is 0 Å². The lowest BCUT2D eigenvalue weighted by atomic mass is 9.85. The predicted octanol–water partition coefficient (Wildman–Crippen LogP) is 3.36. The first kappa shape index (κ1) is 21.9. The fourth-order valence-corrected chi connectivity index (χ4v) is 4.84. The number of methoxy groups -OCH3 is 1. The topological polar surface area (TPSA) is 113 Å². The van der Waals surface area contributed by atoms with Gasteiger partial charge < -0.3 is 15.2 Å². The molecule has 174 valence electrons. The number of aliphatic hydroxyl groups is 1. The molecule has 0 radical (unpaired) electrons. The van der Waals surface area contributed by atoms with Crippen LogP contribution < -0.4 is 5.32 Å². The highest BCUT2D eigenvalue weighted by Crippen LogP contribution is 2.46. The molecule has 2 aliphatic rings. The lowest BCUT2D eigenvalue weighted by Crippen LogP contribution is -2.23. The van der Waals surface area contributed by atoms with Gasteiger partial charge in [0.25, 0.3) is 0 Å². The van der Waals surface area contributed by atoms with Crippen molar-refractivity contribution < 1.29 is 9.84 Å². The van der Waals surface area contributed by atoms with Crippen LogP contribution in [0.3, 0.4) is 0 Å². The molecular weight excluding hydrogens is 418 g/mol. The molecule has 9 heteroatoms. The number of aromatic nitrogens is 5. The molecule has 3 aromatic heterocycles. The summed E-state index contributed by atoms with van der Waals surface area (Å²) in [5.41, 5.74) is 3.87. The van der Waals surface area contributed by atoms with Crippen LogP contribution in [0.2, 0.25) is 0 Å². The number of hydrogen-bond acceptors (Lipinski definition) is 7. The lowest BCUT2D eigenvalue weighted by Gasteiger charge is -2.25. The van der Waals surface area contributed by atoms with Crippen LogP contribution in [0, 0.1) is 16.7 Å². The van der Waals surface area contributed by atoms with E-state index in [1.54, 1.807) is 7.11 Å². The number of aliphatic hydroxyl groups excluding tert-OH is 1. The summed E-state index contributed by atoms with van der Waals surface area (Å²) in [5, 5.41) is 32.1. The molecule has 0 aliphatic heterocycles. The van der Waals surface area contributed by atoms with Crippen molar-refractivity contribution in [3.05, 3.63) is 30.4 Å². The van der Waals surface area contributed by atoms with E-state index in [4.69, 9.17) is 9.84 Å². The molecule has 2 fully saturated rings. The van der Waals surface area contributed by atoms with Crippen LogP contribution in [0.1, 0.15) is 57.1 Å². The summed E-state index contributed by atoms with van der Waals surface area (Å²) in [4.78, 5) is 4.57. The summed E-state index contributed by atoms with van der Waals surface area (Å²) in [7, 11) is 1.68. The quantitative estimate of drug-likeness (QED) is 0.542. The third kappa shape index (κ3) is 4.45. The Labute approximate surface area is 193 Å². The van der Waals surface area contributed by atoms with Crippen molar-refractivity contribution in [2.24, 2.45) is 5.41 Å². The van der Waals surface area contributed by atoms with E-state index < -0.39 is 0 Å². The van der Waals surface area contributed by atoms with Gasteiger partial charge in [0, 0.05) is 42.1 Å². The molecule has 0 aromatic carbocycles. The third-order valence-electron chi connectivity index (χ3n) is 6.95. The molecule has 0 amide bonds. The standard InChI is InChI=1S/C24H31N7O2/c1-16(13-33-2)28-23-26-11-22-20(18-10-27-30(12-18)15-24(14-25)7-8-24)9-21(31(22)29-23)17-3-5-19(32)6-4-17/h9-12,16-17,19,32H,3-8,13,15H2,1-2H3,(H,28,29)/t16-,17?,19?/m0/s1. The second-order valence-electron chi connectivity index (χ2n) is 9.69. The van der Waals surface area contributed by atoms with Gasteiger partial charge in [-0.2, -0.15) is 10.4 Å². The predicted molar refractivity (Wildman–Crippen MR) is 124 cm³/mol. The van der Waals surface area contributed by atoms with Gasteiger partial charge in [-0.3, -0.25) is 4.68 Å². The number of anilines is 1. The number of nitriles is 1. The van der Waals surface area contributed by atoms with Gasteiger partial charge in [-0.05, 0) is 51.5 Å². The summed E-state index contributed by atoms with van der Waals surface area (Å²) < 4.78 is 9.11. The van der Waals surface area contributed by atoms with Gasteiger partial charge in [0.2, 0.25) is 5.95 Å². The minimum atomic E-state index is -0.247. The van der Waals surface area contributed by atoms with Crippen LogP contribution in [0.15, 0.2) is 24.7 Å². The van der Waals surface area contributed by atoms with Gasteiger partial charge in [0.05, 0.1) is 48.7 Å². The maximum Gasteiger partial charge on any atom is 0.241 e. The zero-order valence-electron chi connectivity index (χ0n) is 19.2. The number of ether oxygens (including phenoxy) is 1. The van der Waals surface area contributed by atoms with E-state index in [1.165, 1.54) is 0 Å². The van der Waals surface area contributed by atoms with Crippen LogP contribution in [0.5, 0.6) is 0 Å². The van der Waals surface area contributed by atoms with E-state index >= 15 is 0 Å². The van der Waals surface area contributed by atoms with Crippen LogP contribution >= 0.6 is 0 Å². The molecule has 2 N–H and O–H groups in total. The van der Waals surface area contributed by atoms with Gasteiger partial charge in [-0.15, -0.1) is 5.10 Å². The van der Waals surface area contributed by atoms with Crippen molar-refractivity contribution in [2.45, 2.75) is 70.1 Å². The number of nitrogens with zero attached hydrogens (tertiary/aromatic N) is 6. The van der Waals surface area contributed by atoms with Crippen molar-refractivity contribution >= 4 is 11.5 Å². The van der Waals surface area contributed by atoms with E-state index in [9.17, 15) is 10.4 Å². The fraction of sp³-hybridized carbons (Fsp3) is 0.583. The van der Waals surface area contributed by atoms with Crippen LogP contribution in [0.25, 0.3) is 16.6 Å². The minimum Gasteiger partial charge on any atom is -0.393 e. The molecule has 0 spiro atoms. The van der Waals surface area contributed by atoms with Gasteiger partial charge in [0.1, 0.15) is 0 Å². The Morgan fingerprint density at radius 2 is 2.09 bits per heavy atom. The zero-order chi connectivity index (χ0) is 23.0. The maximum absolute atomic E-state index is 10.00. The van der Waals surface area contributed by atoms with Crippen LogP contribution in [-0.2, 0) is 11.3 Å². The van der Waals surface area contributed by atoms with E-state index in [0.717, 1.165) is 60.9 Å². The maximum atomic E-state index is 10.00. The summed E-state index contributed by atoms with van der Waals surface area (Å²) in [6.45, 7) is 3.23. The Morgan fingerprint density at radius 1 is 1.30 bits per heavy atom. The Hall–Kier alpha value is -2.96. The van der Waals surface area contributed by atoms with Crippen LogP contribution in [-0.4, -0.2) is 55.3 Å². The Kier molecular flexibility index (Phi) is 5.81. The van der Waals surface area contributed by atoms with Crippen molar-refractivity contribution in [1.82, 2.24) is 24.4 Å². The van der Waals surface area contributed by atoms with Crippen molar-refractivity contribution in [2.75, 3.05) is 19.0 Å². The highest BCUT2D eigenvalue weighted by atomic mass is 16.5. The second-order valence-corrected chi connectivity index (χ2v) is 9.69. The molecule has 0 saturated heterocycles. The number of fused-ring (bicyclic) bond motifs is 1. The highest BCUT2D eigenvalue weighted by molar-refractivity contribution is 5.81. The Balaban J connectivity index is 1.50. The lowest BCUT2D eigenvalue weighted by molar-refractivity contribution is 0.121. The molecule has 3 aromatic rings. The summed E-state index contributed by atoms with van der Waals surface area (Å²) in [5.74, 6) is 0.892. The zero-order valence-corrected chi connectivity index (χ0v) is 19.2. The molecule has 2 saturated carbocycles. The minimum absolute atomic E-state index is 0.0869. The first-order chi connectivity index (χ1) is 16.0. The molecule has 9 nitrogen and oxygen atoms in total. The molecule has 1 atom stereocenters. The van der Waals surface area contributed by atoms with E-state index in [2.05, 4.69) is 27.5 Å².